The van der Waals surface area contributed by atoms with Crippen LogP contribution in [0.4, 0.5) is 0 Å². The van der Waals surface area contributed by atoms with Crippen molar-refractivity contribution in [3.63, 3.8) is 0 Å². The third-order valence-corrected chi connectivity index (χ3v) is 3.45. The average molecular weight is 272 g/mol. The highest BCUT2D eigenvalue weighted by Crippen LogP contribution is 2.12. The maximum Gasteiger partial charge on any atom is 0.255 e. The first-order chi connectivity index (χ1) is 9.52. The minimum atomic E-state index is -0.0870. The van der Waals surface area contributed by atoms with E-state index in [0.29, 0.717) is 18.7 Å². The number of amides is 1. The lowest BCUT2D eigenvalue weighted by molar-refractivity contribution is 0.0949. The molecule has 20 heavy (non-hydrogen) atoms. The number of nitrogens with zero attached hydrogens (tertiary/aromatic N) is 2. The summed E-state index contributed by atoms with van der Waals surface area (Å²) in [6.45, 7) is 4.76. The van der Waals surface area contributed by atoms with Gasteiger partial charge in [-0.25, -0.2) is 0 Å². The highest BCUT2D eigenvalue weighted by Gasteiger charge is 2.16. The van der Waals surface area contributed by atoms with E-state index in [1.165, 1.54) is 0 Å². The lowest BCUT2D eigenvalue weighted by atomic mass is 10.1. The summed E-state index contributed by atoms with van der Waals surface area (Å²) in [5, 5.41) is 7.18. The fourth-order valence-electron chi connectivity index (χ4n) is 2.17. The number of nitrogens with one attached hydrogen (secondary N) is 1. The molecule has 0 spiro atoms. The SMILES string of the molecule is Cc1nn(C)c(C)c1C(=O)NCc1ccc(CN)cc1. The Bertz CT molecular complexity index is 614. The molecule has 5 heteroatoms. The van der Waals surface area contributed by atoms with Crippen LogP contribution >= 0.6 is 0 Å². The van der Waals surface area contributed by atoms with Crippen LogP contribution in [0, 0.1) is 13.8 Å². The lowest BCUT2D eigenvalue weighted by Gasteiger charge is -2.06. The minimum Gasteiger partial charge on any atom is -0.348 e. The second-order valence-corrected chi connectivity index (χ2v) is 4.87. The Morgan fingerprint density at radius 2 is 1.85 bits per heavy atom. The summed E-state index contributed by atoms with van der Waals surface area (Å²) in [5.74, 6) is -0.0870. The van der Waals surface area contributed by atoms with Crippen molar-refractivity contribution in [2.75, 3.05) is 0 Å². The van der Waals surface area contributed by atoms with Gasteiger partial charge in [0.15, 0.2) is 0 Å². The first-order valence-corrected chi connectivity index (χ1v) is 6.59. The van der Waals surface area contributed by atoms with Gasteiger partial charge in [-0.15, -0.1) is 0 Å². The van der Waals surface area contributed by atoms with E-state index < -0.39 is 0 Å². The van der Waals surface area contributed by atoms with Crippen LogP contribution in [0.1, 0.15) is 32.9 Å². The van der Waals surface area contributed by atoms with Crippen LogP contribution in [0.25, 0.3) is 0 Å². The molecule has 0 fully saturated rings. The third kappa shape index (κ3) is 2.88. The molecule has 0 atom stereocenters. The normalized spacial score (nSPS) is 10.6. The molecular weight excluding hydrogens is 252 g/mol. The van der Waals surface area contributed by atoms with E-state index in [1.807, 2.05) is 45.2 Å². The highest BCUT2D eigenvalue weighted by molar-refractivity contribution is 5.96. The Morgan fingerprint density at radius 3 is 2.35 bits per heavy atom. The van der Waals surface area contributed by atoms with Gasteiger partial charge >= 0.3 is 0 Å². The summed E-state index contributed by atoms with van der Waals surface area (Å²) in [6, 6.07) is 7.90. The molecule has 106 valence electrons. The van der Waals surface area contributed by atoms with Crippen LogP contribution in [0.5, 0.6) is 0 Å². The molecule has 0 aliphatic heterocycles. The molecule has 0 aliphatic rings. The number of rotatable bonds is 4. The summed E-state index contributed by atoms with van der Waals surface area (Å²) in [5.41, 5.74) is 9.97. The molecule has 1 aromatic carbocycles. The lowest BCUT2D eigenvalue weighted by Crippen LogP contribution is -2.24. The van der Waals surface area contributed by atoms with Gasteiger partial charge in [-0.1, -0.05) is 24.3 Å². The number of aromatic nitrogens is 2. The Morgan fingerprint density at radius 1 is 1.25 bits per heavy atom. The molecule has 0 saturated carbocycles. The van der Waals surface area contributed by atoms with Gasteiger partial charge in [0, 0.05) is 25.8 Å². The Balaban J connectivity index is 2.04. The van der Waals surface area contributed by atoms with E-state index in [1.54, 1.807) is 4.68 Å². The predicted octanol–water partition coefficient (Wildman–Crippen LogP) is 1.43. The topological polar surface area (TPSA) is 72.9 Å². The standard InChI is InChI=1S/C15H20N4O/c1-10-14(11(2)19(3)18-10)15(20)17-9-13-6-4-12(8-16)5-7-13/h4-7H,8-9,16H2,1-3H3,(H,17,20). The van der Waals surface area contributed by atoms with Crippen molar-refractivity contribution in [2.45, 2.75) is 26.9 Å². The van der Waals surface area contributed by atoms with Gasteiger partial charge in [-0.3, -0.25) is 9.48 Å². The van der Waals surface area contributed by atoms with Gasteiger partial charge in [-0.2, -0.15) is 5.10 Å². The predicted molar refractivity (Wildman–Crippen MR) is 78.2 cm³/mol. The molecule has 0 radical (unpaired) electrons. The van der Waals surface area contributed by atoms with E-state index in [-0.39, 0.29) is 5.91 Å². The fourth-order valence-corrected chi connectivity index (χ4v) is 2.17. The van der Waals surface area contributed by atoms with Crippen LogP contribution in [0.3, 0.4) is 0 Å². The quantitative estimate of drug-likeness (QED) is 0.884. The summed E-state index contributed by atoms with van der Waals surface area (Å²) in [6.07, 6.45) is 0. The van der Waals surface area contributed by atoms with Crippen molar-refractivity contribution in [1.29, 1.82) is 0 Å². The molecular formula is C15H20N4O. The van der Waals surface area contributed by atoms with Crippen LogP contribution in [-0.2, 0) is 20.1 Å². The van der Waals surface area contributed by atoms with Gasteiger partial charge in [0.2, 0.25) is 0 Å². The number of carbonyl (C=O) groups is 1. The summed E-state index contributed by atoms with van der Waals surface area (Å²) in [7, 11) is 1.84. The first-order valence-electron chi connectivity index (χ1n) is 6.59. The maximum atomic E-state index is 12.2. The average Bonchev–Trinajstić information content (AvgIpc) is 2.70. The Kier molecular flexibility index (Phi) is 4.20. The van der Waals surface area contributed by atoms with E-state index >= 15 is 0 Å². The number of hydrogen-bond acceptors (Lipinski definition) is 3. The Labute approximate surface area is 118 Å². The number of carbonyl (C=O) groups excluding carboxylic acids is 1. The maximum absolute atomic E-state index is 12.2. The van der Waals surface area contributed by atoms with Crippen LogP contribution < -0.4 is 11.1 Å². The van der Waals surface area contributed by atoms with Gasteiger partial charge in [-0.05, 0) is 25.0 Å². The number of nitrogens with two attached hydrogens (primary N) is 1. The number of benzene rings is 1. The molecule has 3 N–H and O–H groups in total. The second kappa shape index (κ2) is 5.88. The molecule has 1 heterocycles. The molecule has 0 bridgehead atoms. The molecule has 5 nitrogen and oxygen atoms in total. The van der Waals surface area contributed by atoms with Crippen LogP contribution in [-0.4, -0.2) is 15.7 Å². The molecule has 2 aromatic rings. The van der Waals surface area contributed by atoms with Crippen LogP contribution in [0.2, 0.25) is 0 Å². The van der Waals surface area contributed by atoms with Gasteiger partial charge < -0.3 is 11.1 Å². The largest absolute Gasteiger partial charge is 0.348 e. The first kappa shape index (κ1) is 14.3. The molecule has 1 amide bonds. The van der Waals surface area contributed by atoms with E-state index in [2.05, 4.69) is 10.4 Å². The summed E-state index contributed by atoms with van der Waals surface area (Å²) < 4.78 is 1.72. The van der Waals surface area contributed by atoms with Crippen LogP contribution in [0.15, 0.2) is 24.3 Å². The smallest absolute Gasteiger partial charge is 0.255 e. The van der Waals surface area contributed by atoms with Crippen molar-refractivity contribution in [3.8, 4) is 0 Å². The summed E-state index contributed by atoms with van der Waals surface area (Å²) in [4.78, 5) is 12.2. The third-order valence-electron chi connectivity index (χ3n) is 3.45. The Hall–Kier alpha value is -2.14. The molecule has 2 rings (SSSR count). The second-order valence-electron chi connectivity index (χ2n) is 4.87. The highest BCUT2D eigenvalue weighted by atomic mass is 16.1. The zero-order valence-electron chi connectivity index (χ0n) is 12.1. The van der Waals surface area contributed by atoms with E-state index in [4.69, 9.17) is 5.73 Å². The molecule has 0 unspecified atom stereocenters. The summed E-state index contributed by atoms with van der Waals surface area (Å²) >= 11 is 0. The van der Waals surface area contributed by atoms with Crippen molar-refractivity contribution >= 4 is 5.91 Å². The fraction of sp³-hybridized carbons (Fsp3) is 0.333. The van der Waals surface area contributed by atoms with Crippen molar-refractivity contribution in [3.05, 3.63) is 52.3 Å². The monoisotopic (exact) mass is 272 g/mol. The van der Waals surface area contributed by atoms with E-state index in [9.17, 15) is 4.79 Å². The molecule has 0 saturated heterocycles. The zero-order valence-corrected chi connectivity index (χ0v) is 12.1. The van der Waals surface area contributed by atoms with Crippen molar-refractivity contribution < 1.29 is 4.79 Å². The van der Waals surface area contributed by atoms with Crippen molar-refractivity contribution in [1.82, 2.24) is 15.1 Å². The number of hydrogen-bond donors (Lipinski definition) is 2. The molecule has 1 aromatic heterocycles. The minimum absolute atomic E-state index is 0.0870. The van der Waals surface area contributed by atoms with Gasteiger partial charge in [0.05, 0.1) is 11.3 Å². The zero-order chi connectivity index (χ0) is 14.7. The van der Waals surface area contributed by atoms with E-state index in [0.717, 1.165) is 22.5 Å². The van der Waals surface area contributed by atoms with Gasteiger partial charge in [0.25, 0.3) is 5.91 Å². The molecule has 0 aliphatic carbocycles. The van der Waals surface area contributed by atoms with Crippen molar-refractivity contribution in [2.24, 2.45) is 12.8 Å². The number of aryl methyl sites for hydroxylation is 2. The van der Waals surface area contributed by atoms with Gasteiger partial charge in [0.1, 0.15) is 0 Å².